The van der Waals surface area contributed by atoms with Gasteiger partial charge in [-0.05, 0) is 49.8 Å². The molecule has 2 N–H and O–H groups in total. The molecule has 1 aliphatic carbocycles. The maximum atomic E-state index is 6.42. The fourth-order valence-corrected chi connectivity index (χ4v) is 3.62. The van der Waals surface area contributed by atoms with Crippen LogP contribution >= 0.6 is 11.6 Å². The van der Waals surface area contributed by atoms with Crippen molar-refractivity contribution in [2.75, 3.05) is 13.6 Å². The van der Waals surface area contributed by atoms with E-state index in [1.54, 1.807) is 0 Å². The maximum absolute atomic E-state index is 6.42. The Morgan fingerprint density at radius 1 is 1.40 bits per heavy atom. The zero-order valence-corrected chi connectivity index (χ0v) is 13.8. The van der Waals surface area contributed by atoms with E-state index in [1.165, 1.54) is 18.4 Å². The smallest absolute Gasteiger partial charge is 0.0453 e. The second kappa shape index (κ2) is 6.05. The molecule has 3 unspecified atom stereocenters. The molecule has 2 nitrogen and oxygen atoms in total. The Balaban J connectivity index is 2.02. The van der Waals surface area contributed by atoms with E-state index in [9.17, 15) is 0 Å². The van der Waals surface area contributed by atoms with Gasteiger partial charge in [-0.2, -0.15) is 0 Å². The number of nitrogens with zero attached hydrogens (tertiary/aromatic N) is 1. The van der Waals surface area contributed by atoms with Crippen LogP contribution in [-0.4, -0.2) is 24.5 Å². The lowest BCUT2D eigenvalue weighted by atomic mass is 9.85. The summed E-state index contributed by atoms with van der Waals surface area (Å²) < 4.78 is 0. The molecule has 0 saturated heterocycles. The summed E-state index contributed by atoms with van der Waals surface area (Å²) in [7, 11) is 2.17. The normalized spacial score (nSPS) is 26.9. The molecule has 1 saturated carbocycles. The molecular weight excluding hydrogens is 268 g/mol. The molecule has 0 amide bonds. The van der Waals surface area contributed by atoms with Crippen LogP contribution in [0.25, 0.3) is 0 Å². The van der Waals surface area contributed by atoms with Gasteiger partial charge in [0.15, 0.2) is 0 Å². The summed E-state index contributed by atoms with van der Waals surface area (Å²) in [6, 6.07) is 8.72. The van der Waals surface area contributed by atoms with Crippen LogP contribution in [0.2, 0.25) is 5.02 Å². The van der Waals surface area contributed by atoms with E-state index in [1.807, 2.05) is 12.1 Å². The number of rotatable bonds is 4. The Morgan fingerprint density at radius 2 is 2.05 bits per heavy atom. The van der Waals surface area contributed by atoms with Crippen molar-refractivity contribution in [3.8, 4) is 0 Å². The van der Waals surface area contributed by atoms with E-state index >= 15 is 0 Å². The number of nitrogens with two attached hydrogens (primary N) is 1. The van der Waals surface area contributed by atoms with Crippen molar-refractivity contribution in [2.45, 2.75) is 45.7 Å². The summed E-state index contributed by atoms with van der Waals surface area (Å²) in [5, 5.41) is 0.850. The van der Waals surface area contributed by atoms with Gasteiger partial charge in [0.1, 0.15) is 0 Å². The van der Waals surface area contributed by atoms with Crippen molar-refractivity contribution >= 4 is 11.6 Å². The molecule has 1 aromatic rings. The summed E-state index contributed by atoms with van der Waals surface area (Å²) in [5.41, 5.74) is 7.89. The van der Waals surface area contributed by atoms with Crippen molar-refractivity contribution in [1.82, 2.24) is 4.90 Å². The molecule has 0 aliphatic heterocycles. The molecule has 0 heterocycles. The van der Waals surface area contributed by atoms with Gasteiger partial charge in [0.25, 0.3) is 0 Å². The summed E-state index contributed by atoms with van der Waals surface area (Å²) >= 11 is 6.30. The SMILES string of the molecule is CC(c1ccccc1Cl)N(C)CC1CCC(C)(C)C1N. The summed E-state index contributed by atoms with van der Waals surface area (Å²) in [4.78, 5) is 2.38. The third kappa shape index (κ3) is 3.19. The highest BCUT2D eigenvalue weighted by Gasteiger charge is 2.39. The lowest BCUT2D eigenvalue weighted by Crippen LogP contribution is -2.41. The molecule has 0 spiro atoms. The molecule has 112 valence electrons. The van der Waals surface area contributed by atoms with E-state index in [4.69, 9.17) is 17.3 Å². The maximum Gasteiger partial charge on any atom is 0.0453 e. The highest BCUT2D eigenvalue weighted by Crippen LogP contribution is 2.41. The summed E-state index contributed by atoms with van der Waals surface area (Å²) in [5.74, 6) is 0.583. The van der Waals surface area contributed by atoms with Crippen molar-refractivity contribution in [2.24, 2.45) is 17.1 Å². The zero-order chi connectivity index (χ0) is 14.9. The van der Waals surface area contributed by atoms with Crippen LogP contribution in [0.1, 0.15) is 45.2 Å². The van der Waals surface area contributed by atoms with Crippen LogP contribution in [-0.2, 0) is 0 Å². The molecule has 3 heteroatoms. The lowest BCUT2D eigenvalue weighted by molar-refractivity contribution is 0.196. The largest absolute Gasteiger partial charge is 0.327 e. The molecule has 3 atom stereocenters. The first-order valence-electron chi connectivity index (χ1n) is 7.53. The Labute approximate surface area is 128 Å². The Hall–Kier alpha value is -0.570. The number of hydrogen-bond acceptors (Lipinski definition) is 2. The van der Waals surface area contributed by atoms with Crippen LogP contribution in [0.15, 0.2) is 24.3 Å². The monoisotopic (exact) mass is 294 g/mol. The van der Waals surface area contributed by atoms with Gasteiger partial charge in [0, 0.05) is 23.7 Å². The predicted molar refractivity (Wildman–Crippen MR) is 87.0 cm³/mol. The molecule has 2 rings (SSSR count). The minimum Gasteiger partial charge on any atom is -0.327 e. The Bertz CT molecular complexity index is 458. The number of benzene rings is 1. The van der Waals surface area contributed by atoms with Crippen molar-refractivity contribution in [3.05, 3.63) is 34.9 Å². The fraction of sp³-hybridized carbons (Fsp3) is 0.647. The first-order valence-corrected chi connectivity index (χ1v) is 7.91. The van der Waals surface area contributed by atoms with E-state index in [0.29, 0.717) is 18.0 Å². The van der Waals surface area contributed by atoms with Crippen LogP contribution in [0.4, 0.5) is 0 Å². The quantitative estimate of drug-likeness (QED) is 0.906. The molecular formula is C17H27ClN2. The summed E-state index contributed by atoms with van der Waals surface area (Å²) in [6.07, 6.45) is 2.46. The zero-order valence-electron chi connectivity index (χ0n) is 13.1. The van der Waals surface area contributed by atoms with Crippen molar-refractivity contribution in [3.63, 3.8) is 0 Å². The molecule has 0 radical (unpaired) electrons. The average molecular weight is 295 g/mol. The summed E-state index contributed by atoms with van der Waals surface area (Å²) in [6.45, 7) is 7.83. The topological polar surface area (TPSA) is 29.3 Å². The Kier molecular flexibility index (Phi) is 4.78. The molecule has 0 aromatic heterocycles. The first kappa shape index (κ1) is 15.8. The van der Waals surface area contributed by atoms with Crippen LogP contribution < -0.4 is 5.73 Å². The van der Waals surface area contributed by atoms with Crippen LogP contribution in [0.3, 0.4) is 0 Å². The standard InChI is InChI=1S/C17H27ClN2/c1-12(14-7-5-6-8-15(14)18)20(4)11-13-9-10-17(2,3)16(13)19/h5-8,12-13,16H,9-11,19H2,1-4H3. The average Bonchev–Trinajstić information content (AvgIpc) is 2.65. The Morgan fingerprint density at radius 3 is 2.60 bits per heavy atom. The van der Waals surface area contributed by atoms with Gasteiger partial charge in [-0.1, -0.05) is 43.6 Å². The third-order valence-corrected chi connectivity index (χ3v) is 5.45. The predicted octanol–water partition coefficient (Wildman–Crippen LogP) is 4.10. The van der Waals surface area contributed by atoms with Crippen molar-refractivity contribution in [1.29, 1.82) is 0 Å². The van der Waals surface area contributed by atoms with Crippen LogP contribution in [0, 0.1) is 11.3 Å². The molecule has 1 aliphatic rings. The van der Waals surface area contributed by atoms with Gasteiger partial charge in [0.2, 0.25) is 0 Å². The number of hydrogen-bond donors (Lipinski definition) is 1. The molecule has 0 bridgehead atoms. The lowest BCUT2D eigenvalue weighted by Gasteiger charge is -2.32. The molecule has 1 fully saturated rings. The highest BCUT2D eigenvalue weighted by molar-refractivity contribution is 6.31. The van der Waals surface area contributed by atoms with Gasteiger partial charge in [0.05, 0.1) is 0 Å². The van der Waals surface area contributed by atoms with E-state index < -0.39 is 0 Å². The fourth-order valence-electron chi connectivity index (χ4n) is 3.33. The minimum atomic E-state index is 0.277. The molecule has 20 heavy (non-hydrogen) atoms. The van der Waals surface area contributed by atoms with Gasteiger partial charge in [-0.25, -0.2) is 0 Å². The minimum absolute atomic E-state index is 0.277. The molecule has 1 aromatic carbocycles. The van der Waals surface area contributed by atoms with Crippen molar-refractivity contribution < 1.29 is 0 Å². The second-order valence-corrected chi connectivity index (χ2v) is 7.36. The second-order valence-electron chi connectivity index (χ2n) is 6.95. The van der Waals surface area contributed by atoms with Gasteiger partial charge in [-0.3, -0.25) is 4.90 Å². The van der Waals surface area contributed by atoms with E-state index in [-0.39, 0.29) is 5.41 Å². The highest BCUT2D eigenvalue weighted by atomic mass is 35.5. The first-order chi connectivity index (χ1) is 9.33. The van der Waals surface area contributed by atoms with Gasteiger partial charge < -0.3 is 5.73 Å². The van der Waals surface area contributed by atoms with Crippen LogP contribution in [0.5, 0.6) is 0 Å². The van der Waals surface area contributed by atoms with E-state index in [0.717, 1.165) is 11.6 Å². The van der Waals surface area contributed by atoms with Gasteiger partial charge in [-0.15, -0.1) is 0 Å². The van der Waals surface area contributed by atoms with Gasteiger partial charge >= 0.3 is 0 Å². The van der Waals surface area contributed by atoms with E-state index in [2.05, 4.69) is 44.9 Å². The third-order valence-electron chi connectivity index (χ3n) is 5.11. The number of halogens is 1.